The number of carbonyl (C=O) groups is 1. The van der Waals surface area contributed by atoms with Crippen molar-refractivity contribution in [3.05, 3.63) is 41.6 Å². The van der Waals surface area contributed by atoms with E-state index in [4.69, 9.17) is 4.74 Å². The monoisotopic (exact) mass is 363 g/mol. The molecule has 2 aromatic rings. The summed E-state index contributed by atoms with van der Waals surface area (Å²) < 4.78 is 30.4. The number of carbonyl (C=O) groups excluding carboxylic acids is 1. The molecule has 1 aromatic carbocycles. The molecule has 2 heterocycles. The molecule has 0 bridgehead atoms. The van der Waals surface area contributed by atoms with Gasteiger partial charge in [0.2, 0.25) is 0 Å². The molecule has 1 aliphatic rings. The Kier molecular flexibility index (Phi) is 4.80. The van der Waals surface area contributed by atoms with Crippen molar-refractivity contribution in [3.8, 4) is 5.75 Å². The molecule has 1 amide bonds. The van der Waals surface area contributed by atoms with Crippen molar-refractivity contribution >= 4 is 21.6 Å². The molecule has 0 spiro atoms. The van der Waals surface area contributed by atoms with Gasteiger partial charge in [0, 0.05) is 11.6 Å². The highest BCUT2D eigenvalue weighted by atomic mass is 32.2. The molecule has 1 aliphatic heterocycles. The SMILES string of the molecule is CCOc1ccc(C(=O)Nc2cc(C)nn2C2CCS(=O)(=O)C2)cc1. The van der Waals surface area contributed by atoms with Gasteiger partial charge < -0.3 is 10.1 Å². The van der Waals surface area contributed by atoms with Gasteiger partial charge in [0.1, 0.15) is 11.6 Å². The van der Waals surface area contributed by atoms with E-state index in [0.29, 0.717) is 30.2 Å². The lowest BCUT2D eigenvalue weighted by Crippen LogP contribution is -2.19. The minimum atomic E-state index is -3.03. The summed E-state index contributed by atoms with van der Waals surface area (Å²) in [6.45, 7) is 4.27. The number of amides is 1. The molecule has 0 radical (unpaired) electrons. The van der Waals surface area contributed by atoms with Crippen LogP contribution in [0.2, 0.25) is 0 Å². The van der Waals surface area contributed by atoms with Gasteiger partial charge in [-0.1, -0.05) is 0 Å². The third kappa shape index (κ3) is 4.01. The molecule has 134 valence electrons. The first-order valence-corrected chi connectivity index (χ1v) is 10.0. The molecule has 1 aromatic heterocycles. The zero-order chi connectivity index (χ0) is 18.0. The number of hydrogen-bond donors (Lipinski definition) is 1. The quantitative estimate of drug-likeness (QED) is 0.879. The first kappa shape index (κ1) is 17.5. The highest BCUT2D eigenvalue weighted by Crippen LogP contribution is 2.27. The molecule has 3 rings (SSSR count). The Balaban J connectivity index is 1.77. The zero-order valence-electron chi connectivity index (χ0n) is 14.2. The summed E-state index contributed by atoms with van der Waals surface area (Å²) in [7, 11) is -3.03. The minimum Gasteiger partial charge on any atom is -0.494 e. The highest BCUT2D eigenvalue weighted by molar-refractivity contribution is 7.91. The van der Waals surface area contributed by atoms with E-state index in [-0.39, 0.29) is 23.5 Å². The predicted octanol–water partition coefficient (Wildman–Crippen LogP) is 2.20. The Morgan fingerprint density at radius 1 is 1.36 bits per heavy atom. The summed E-state index contributed by atoms with van der Waals surface area (Å²) in [4.78, 5) is 12.5. The van der Waals surface area contributed by atoms with Gasteiger partial charge in [-0.25, -0.2) is 13.1 Å². The first-order valence-electron chi connectivity index (χ1n) is 8.19. The largest absolute Gasteiger partial charge is 0.494 e. The van der Waals surface area contributed by atoms with Crippen LogP contribution < -0.4 is 10.1 Å². The second kappa shape index (κ2) is 6.87. The molecule has 1 saturated heterocycles. The minimum absolute atomic E-state index is 0.0556. The van der Waals surface area contributed by atoms with Gasteiger partial charge in [-0.2, -0.15) is 5.10 Å². The van der Waals surface area contributed by atoms with E-state index >= 15 is 0 Å². The number of aryl methyl sites for hydroxylation is 1. The molecule has 1 unspecified atom stereocenters. The number of benzene rings is 1. The number of nitrogens with zero attached hydrogens (tertiary/aromatic N) is 2. The Bertz CT molecular complexity index is 872. The summed E-state index contributed by atoms with van der Waals surface area (Å²) in [5.41, 5.74) is 1.22. The molecule has 0 aliphatic carbocycles. The van der Waals surface area contributed by atoms with Crippen molar-refractivity contribution in [2.45, 2.75) is 26.3 Å². The van der Waals surface area contributed by atoms with Crippen molar-refractivity contribution in [1.29, 1.82) is 0 Å². The van der Waals surface area contributed by atoms with Crippen molar-refractivity contribution in [3.63, 3.8) is 0 Å². The third-order valence-corrected chi connectivity index (χ3v) is 5.83. The number of ether oxygens (including phenoxy) is 1. The topological polar surface area (TPSA) is 90.3 Å². The summed E-state index contributed by atoms with van der Waals surface area (Å²) in [5, 5.41) is 7.19. The molecule has 1 N–H and O–H groups in total. The number of rotatable bonds is 5. The third-order valence-electron chi connectivity index (χ3n) is 4.08. The smallest absolute Gasteiger partial charge is 0.256 e. The van der Waals surface area contributed by atoms with Crippen LogP contribution in [-0.4, -0.2) is 42.2 Å². The molecule has 7 nitrogen and oxygen atoms in total. The van der Waals surface area contributed by atoms with Crippen molar-refractivity contribution in [2.75, 3.05) is 23.4 Å². The average Bonchev–Trinajstić information content (AvgIpc) is 3.10. The first-order chi connectivity index (χ1) is 11.9. The molecule has 1 fully saturated rings. The van der Waals surface area contributed by atoms with E-state index in [0.717, 1.165) is 5.69 Å². The summed E-state index contributed by atoms with van der Waals surface area (Å²) in [6.07, 6.45) is 0.509. The standard InChI is InChI=1S/C17H21N3O4S/c1-3-24-15-6-4-13(5-7-15)17(21)18-16-10-12(2)19-20(16)14-8-9-25(22,23)11-14/h4-7,10,14H,3,8-9,11H2,1-2H3,(H,18,21). The van der Waals surface area contributed by atoms with Gasteiger partial charge in [0.15, 0.2) is 9.84 Å². The predicted molar refractivity (Wildman–Crippen MR) is 94.8 cm³/mol. The van der Waals surface area contributed by atoms with Crippen LogP contribution in [0.5, 0.6) is 5.75 Å². The van der Waals surface area contributed by atoms with E-state index < -0.39 is 9.84 Å². The van der Waals surface area contributed by atoms with Crippen LogP contribution in [0.3, 0.4) is 0 Å². The second-order valence-corrected chi connectivity index (χ2v) is 8.31. The lowest BCUT2D eigenvalue weighted by Gasteiger charge is -2.14. The van der Waals surface area contributed by atoms with Gasteiger partial charge in [-0.05, 0) is 44.5 Å². The number of anilines is 1. The molecular formula is C17H21N3O4S. The van der Waals surface area contributed by atoms with Crippen molar-refractivity contribution in [1.82, 2.24) is 9.78 Å². The Hall–Kier alpha value is -2.35. The van der Waals surface area contributed by atoms with Crippen LogP contribution in [-0.2, 0) is 9.84 Å². The maximum absolute atomic E-state index is 12.5. The van der Waals surface area contributed by atoms with Gasteiger partial charge in [0.05, 0.1) is 29.8 Å². The maximum Gasteiger partial charge on any atom is 0.256 e. The molecule has 8 heteroatoms. The van der Waals surface area contributed by atoms with Crippen LogP contribution in [0.25, 0.3) is 0 Å². The number of nitrogens with one attached hydrogen (secondary N) is 1. The molecule has 0 saturated carbocycles. The van der Waals surface area contributed by atoms with Gasteiger partial charge in [-0.3, -0.25) is 4.79 Å². The lowest BCUT2D eigenvalue weighted by molar-refractivity contribution is 0.102. The summed E-state index contributed by atoms with van der Waals surface area (Å²) >= 11 is 0. The Morgan fingerprint density at radius 3 is 2.68 bits per heavy atom. The van der Waals surface area contributed by atoms with Gasteiger partial charge in [0.25, 0.3) is 5.91 Å². The van der Waals surface area contributed by atoms with Crippen LogP contribution in [0.1, 0.15) is 35.4 Å². The van der Waals surface area contributed by atoms with E-state index in [1.54, 1.807) is 35.0 Å². The summed E-state index contributed by atoms with van der Waals surface area (Å²) in [6, 6.07) is 8.36. The van der Waals surface area contributed by atoms with Crippen LogP contribution >= 0.6 is 0 Å². The number of hydrogen-bond acceptors (Lipinski definition) is 5. The lowest BCUT2D eigenvalue weighted by atomic mass is 10.2. The normalized spacial score (nSPS) is 18.9. The van der Waals surface area contributed by atoms with E-state index in [1.165, 1.54) is 0 Å². The van der Waals surface area contributed by atoms with Gasteiger partial charge in [-0.15, -0.1) is 0 Å². The average molecular weight is 363 g/mol. The number of sulfone groups is 1. The van der Waals surface area contributed by atoms with Crippen LogP contribution in [0.15, 0.2) is 30.3 Å². The van der Waals surface area contributed by atoms with Gasteiger partial charge >= 0.3 is 0 Å². The fourth-order valence-electron chi connectivity index (χ4n) is 2.91. The Morgan fingerprint density at radius 2 is 2.08 bits per heavy atom. The van der Waals surface area contributed by atoms with E-state index in [9.17, 15) is 13.2 Å². The van der Waals surface area contributed by atoms with Crippen molar-refractivity contribution in [2.24, 2.45) is 0 Å². The fraction of sp³-hybridized carbons (Fsp3) is 0.412. The molecule has 25 heavy (non-hydrogen) atoms. The number of aromatic nitrogens is 2. The summed E-state index contributed by atoms with van der Waals surface area (Å²) in [5.74, 6) is 1.16. The highest BCUT2D eigenvalue weighted by Gasteiger charge is 2.31. The molecule has 1 atom stereocenters. The fourth-order valence-corrected chi connectivity index (χ4v) is 4.61. The maximum atomic E-state index is 12.5. The van der Waals surface area contributed by atoms with E-state index in [2.05, 4.69) is 10.4 Å². The van der Waals surface area contributed by atoms with Crippen LogP contribution in [0.4, 0.5) is 5.82 Å². The van der Waals surface area contributed by atoms with Crippen molar-refractivity contribution < 1.29 is 17.9 Å². The van der Waals surface area contributed by atoms with Crippen LogP contribution in [0, 0.1) is 6.92 Å². The Labute approximate surface area is 146 Å². The second-order valence-electron chi connectivity index (χ2n) is 6.08. The molecular weight excluding hydrogens is 342 g/mol. The zero-order valence-corrected chi connectivity index (χ0v) is 15.0. The van der Waals surface area contributed by atoms with E-state index in [1.807, 2.05) is 13.8 Å².